The monoisotopic (exact) mass is 338 g/mol. The summed E-state index contributed by atoms with van der Waals surface area (Å²) in [6.07, 6.45) is 1.00. The second-order valence-corrected chi connectivity index (χ2v) is 5.64. The van der Waals surface area contributed by atoms with E-state index in [1.807, 2.05) is 12.1 Å². The van der Waals surface area contributed by atoms with Crippen molar-refractivity contribution >= 4 is 31.9 Å². The van der Waals surface area contributed by atoms with Crippen molar-refractivity contribution < 1.29 is 0 Å². The minimum absolute atomic E-state index is 0.352. The first-order valence-electron chi connectivity index (χ1n) is 5.20. The van der Waals surface area contributed by atoms with E-state index < -0.39 is 0 Å². The summed E-state index contributed by atoms with van der Waals surface area (Å²) in [4.78, 5) is 0.352. The molecule has 2 heteroatoms. The second-order valence-electron chi connectivity index (χ2n) is 3.68. The lowest BCUT2D eigenvalue weighted by molar-refractivity contribution is 0.943. The normalized spacial score (nSPS) is 12.4. The SMILES string of the molecule is Brc1ccccc1C(Br)Cc1ccccc1. The summed E-state index contributed by atoms with van der Waals surface area (Å²) in [5, 5.41) is 0. The molecule has 1 unspecified atom stereocenters. The molecule has 0 amide bonds. The van der Waals surface area contributed by atoms with Crippen molar-refractivity contribution in [2.45, 2.75) is 11.2 Å². The third-order valence-corrected chi connectivity index (χ3v) is 4.04. The van der Waals surface area contributed by atoms with Crippen molar-refractivity contribution in [2.24, 2.45) is 0 Å². The summed E-state index contributed by atoms with van der Waals surface area (Å²) in [5.41, 5.74) is 2.64. The zero-order valence-electron chi connectivity index (χ0n) is 8.74. The first-order chi connectivity index (χ1) is 7.77. The van der Waals surface area contributed by atoms with Gasteiger partial charge in [0.05, 0.1) is 0 Å². The number of hydrogen-bond donors (Lipinski definition) is 0. The lowest BCUT2D eigenvalue weighted by atomic mass is 10.0. The summed E-state index contributed by atoms with van der Waals surface area (Å²) in [6, 6.07) is 18.8. The van der Waals surface area contributed by atoms with Gasteiger partial charge in [0.2, 0.25) is 0 Å². The Labute approximate surface area is 113 Å². The highest BCUT2D eigenvalue weighted by atomic mass is 79.9. The molecule has 0 aromatic heterocycles. The van der Waals surface area contributed by atoms with Gasteiger partial charge in [-0.2, -0.15) is 0 Å². The van der Waals surface area contributed by atoms with E-state index in [1.54, 1.807) is 0 Å². The Balaban J connectivity index is 2.15. The molecule has 0 fully saturated rings. The molecular formula is C14H12Br2. The largest absolute Gasteiger partial charge is 0.0835 e. The van der Waals surface area contributed by atoms with Crippen molar-refractivity contribution in [3.05, 3.63) is 70.2 Å². The van der Waals surface area contributed by atoms with Crippen molar-refractivity contribution in [3.8, 4) is 0 Å². The standard InChI is InChI=1S/C14H12Br2/c15-13-9-5-4-8-12(13)14(16)10-11-6-2-1-3-7-11/h1-9,14H,10H2. The van der Waals surface area contributed by atoms with E-state index in [9.17, 15) is 0 Å². The smallest absolute Gasteiger partial charge is 0.0446 e. The Morgan fingerprint density at radius 2 is 1.50 bits per heavy atom. The summed E-state index contributed by atoms with van der Waals surface area (Å²) in [5.74, 6) is 0. The van der Waals surface area contributed by atoms with E-state index in [1.165, 1.54) is 11.1 Å². The van der Waals surface area contributed by atoms with Gasteiger partial charge in [-0.3, -0.25) is 0 Å². The molecule has 82 valence electrons. The van der Waals surface area contributed by atoms with Gasteiger partial charge < -0.3 is 0 Å². The van der Waals surface area contributed by atoms with E-state index in [0.29, 0.717) is 4.83 Å². The summed E-state index contributed by atoms with van der Waals surface area (Å²) < 4.78 is 1.16. The van der Waals surface area contributed by atoms with Crippen molar-refractivity contribution in [1.29, 1.82) is 0 Å². The maximum absolute atomic E-state index is 3.74. The molecule has 2 aromatic carbocycles. The van der Waals surface area contributed by atoms with Crippen molar-refractivity contribution in [1.82, 2.24) is 0 Å². The molecule has 1 atom stereocenters. The molecule has 0 saturated heterocycles. The molecule has 0 spiro atoms. The third-order valence-electron chi connectivity index (χ3n) is 2.50. The van der Waals surface area contributed by atoms with Crippen LogP contribution in [0.15, 0.2) is 59.1 Å². The molecule has 0 aliphatic carbocycles. The van der Waals surface area contributed by atoms with Crippen LogP contribution in [0.4, 0.5) is 0 Å². The van der Waals surface area contributed by atoms with Gasteiger partial charge >= 0.3 is 0 Å². The molecule has 0 heterocycles. The Morgan fingerprint density at radius 1 is 0.875 bits per heavy atom. The number of rotatable bonds is 3. The van der Waals surface area contributed by atoms with Crippen LogP contribution >= 0.6 is 31.9 Å². The molecule has 0 N–H and O–H groups in total. The highest BCUT2D eigenvalue weighted by Crippen LogP contribution is 2.32. The van der Waals surface area contributed by atoms with Gasteiger partial charge in [0.15, 0.2) is 0 Å². The quantitative estimate of drug-likeness (QED) is 0.680. The fourth-order valence-corrected chi connectivity index (χ4v) is 3.30. The van der Waals surface area contributed by atoms with Crippen molar-refractivity contribution in [2.75, 3.05) is 0 Å². The molecular weight excluding hydrogens is 328 g/mol. The molecule has 0 aliphatic rings. The van der Waals surface area contributed by atoms with Crippen molar-refractivity contribution in [3.63, 3.8) is 0 Å². The van der Waals surface area contributed by atoms with Gasteiger partial charge in [-0.25, -0.2) is 0 Å². The predicted molar refractivity (Wildman–Crippen MR) is 76.0 cm³/mol. The fourth-order valence-electron chi connectivity index (χ4n) is 1.66. The fraction of sp³-hybridized carbons (Fsp3) is 0.143. The lowest BCUT2D eigenvalue weighted by Crippen LogP contribution is -1.96. The number of alkyl halides is 1. The second kappa shape index (κ2) is 5.65. The summed E-state index contributed by atoms with van der Waals surface area (Å²) >= 11 is 7.32. The van der Waals surface area contributed by atoms with Crippen LogP contribution in [0.2, 0.25) is 0 Å². The topological polar surface area (TPSA) is 0 Å². The number of benzene rings is 2. The highest BCUT2D eigenvalue weighted by molar-refractivity contribution is 9.11. The van der Waals surface area contributed by atoms with Crippen LogP contribution in [0.3, 0.4) is 0 Å². The zero-order chi connectivity index (χ0) is 11.4. The first kappa shape index (κ1) is 11.9. The van der Waals surface area contributed by atoms with Crippen LogP contribution in [0, 0.1) is 0 Å². The van der Waals surface area contributed by atoms with Gasteiger partial charge in [-0.1, -0.05) is 80.4 Å². The van der Waals surface area contributed by atoms with E-state index in [4.69, 9.17) is 0 Å². The molecule has 0 radical (unpaired) electrons. The zero-order valence-corrected chi connectivity index (χ0v) is 11.9. The molecule has 0 bridgehead atoms. The van der Waals surface area contributed by atoms with Crippen LogP contribution in [0.25, 0.3) is 0 Å². The molecule has 0 saturated carbocycles. The van der Waals surface area contributed by atoms with Gasteiger partial charge in [0.1, 0.15) is 0 Å². The maximum Gasteiger partial charge on any atom is 0.0446 e. The van der Waals surface area contributed by atoms with E-state index in [2.05, 4.69) is 74.3 Å². The summed E-state index contributed by atoms with van der Waals surface area (Å²) in [6.45, 7) is 0. The van der Waals surface area contributed by atoms with E-state index in [-0.39, 0.29) is 0 Å². The molecule has 16 heavy (non-hydrogen) atoms. The number of hydrogen-bond acceptors (Lipinski definition) is 0. The Kier molecular flexibility index (Phi) is 4.19. The molecule has 2 rings (SSSR count). The third kappa shape index (κ3) is 2.96. The van der Waals surface area contributed by atoms with Crippen LogP contribution in [-0.4, -0.2) is 0 Å². The average Bonchev–Trinajstić information content (AvgIpc) is 2.31. The van der Waals surface area contributed by atoms with E-state index in [0.717, 1.165) is 10.9 Å². The van der Waals surface area contributed by atoms with Crippen LogP contribution < -0.4 is 0 Å². The molecule has 0 aliphatic heterocycles. The van der Waals surface area contributed by atoms with Gasteiger partial charge in [-0.15, -0.1) is 0 Å². The van der Waals surface area contributed by atoms with Crippen LogP contribution in [0.1, 0.15) is 16.0 Å². The van der Waals surface area contributed by atoms with Crippen LogP contribution in [0.5, 0.6) is 0 Å². The summed E-state index contributed by atoms with van der Waals surface area (Å²) in [7, 11) is 0. The van der Waals surface area contributed by atoms with Gasteiger partial charge in [-0.05, 0) is 23.6 Å². The number of halogens is 2. The maximum atomic E-state index is 3.74. The van der Waals surface area contributed by atoms with Gasteiger partial charge in [0, 0.05) is 9.30 Å². The Hall–Kier alpha value is -0.600. The minimum atomic E-state index is 0.352. The first-order valence-corrected chi connectivity index (χ1v) is 6.90. The van der Waals surface area contributed by atoms with E-state index >= 15 is 0 Å². The molecule has 2 aromatic rings. The average molecular weight is 340 g/mol. The van der Waals surface area contributed by atoms with Gasteiger partial charge in [0.25, 0.3) is 0 Å². The Morgan fingerprint density at radius 3 is 2.19 bits per heavy atom. The predicted octanol–water partition coefficient (Wildman–Crippen LogP) is 5.13. The lowest BCUT2D eigenvalue weighted by Gasteiger charge is -2.12. The van der Waals surface area contributed by atoms with Crippen LogP contribution in [-0.2, 0) is 6.42 Å². The Bertz CT molecular complexity index is 451. The highest BCUT2D eigenvalue weighted by Gasteiger charge is 2.10. The minimum Gasteiger partial charge on any atom is -0.0835 e. The molecule has 0 nitrogen and oxygen atoms in total.